The smallest absolute Gasteiger partial charge is 0.255 e. The van der Waals surface area contributed by atoms with Crippen LogP contribution >= 0.6 is 22.7 Å². The number of nitrogens with one attached hydrogen (secondary N) is 1. The lowest BCUT2D eigenvalue weighted by Crippen LogP contribution is -2.22. The van der Waals surface area contributed by atoms with Gasteiger partial charge in [0.2, 0.25) is 0 Å². The van der Waals surface area contributed by atoms with Crippen molar-refractivity contribution in [3.05, 3.63) is 94.0 Å². The van der Waals surface area contributed by atoms with Crippen LogP contribution < -0.4 is 5.32 Å². The summed E-state index contributed by atoms with van der Waals surface area (Å²) in [6.45, 7) is 2.44. The van der Waals surface area contributed by atoms with E-state index in [9.17, 15) is 4.79 Å². The third-order valence-corrected chi connectivity index (χ3v) is 6.75. The maximum Gasteiger partial charge on any atom is 0.255 e. The summed E-state index contributed by atoms with van der Waals surface area (Å²) in [6.07, 6.45) is 5.19. The molecule has 0 radical (unpaired) electrons. The maximum atomic E-state index is 13.1. The molecule has 0 saturated carbocycles. The van der Waals surface area contributed by atoms with Crippen LogP contribution in [0.2, 0.25) is 0 Å². The van der Waals surface area contributed by atoms with Crippen molar-refractivity contribution in [1.29, 1.82) is 0 Å². The van der Waals surface area contributed by atoms with Crippen molar-refractivity contribution >= 4 is 28.6 Å². The first-order valence-electron chi connectivity index (χ1n) is 10.0. The first-order valence-corrected chi connectivity index (χ1v) is 11.7. The predicted molar refractivity (Wildman–Crippen MR) is 128 cm³/mol. The quantitative estimate of drug-likeness (QED) is 0.373. The molecular weight excluding hydrogens is 438 g/mol. The van der Waals surface area contributed by atoms with Crippen molar-refractivity contribution in [3.8, 4) is 27.5 Å². The van der Waals surface area contributed by atoms with Gasteiger partial charge in [0, 0.05) is 34.4 Å². The number of rotatable bonds is 6. The van der Waals surface area contributed by atoms with Crippen LogP contribution in [-0.2, 0) is 6.54 Å². The van der Waals surface area contributed by atoms with Crippen molar-refractivity contribution in [2.75, 3.05) is 0 Å². The number of nitrogens with zero attached hydrogens (tertiary/aromatic N) is 4. The number of hydrogen-bond acceptors (Lipinski definition) is 6. The average molecular weight is 458 g/mol. The molecule has 5 rings (SSSR count). The van der Waals surface area contributed by atoms with Gasteiger partial charge in [-0.1, -0.05) is 18.2 Å². The highest BCUT2D eigenvalue weighted by Crippen LogP contribution is 2.29. The van der Waals surface area contributed by atoms with Gasteiger partial charge in [0.05, 0.1) is 33.4 Å². The monoisotopic (exact) mass is 457 g/mol. The van der Waals surface area contributed by atoms with E-state index in [4.69, 9.17) is 0 Å². The van der Waals surface area contributed by atoms with E-state index in [1.807, 2.05) is 55.5 Å². The van der Waals surface area contributed by atoms with Crippen LogP contribution in [-0.4, -0.2) is 25.7 Å². The van der Waals surface area contributed by atoms with Gasteiger partial charge in [-0.3, -0.25) is 9.78 Å². The van der Waals surface area contributed by atoms with E-state index in [1.54, 1.807) is 45.9 Å². The molecule has 0 unspecified atom stereocenters. The standard InChI is InChI=1S/C24H19N5OS2/c1-16-27-21(15-31-16)22-10-9-19(32-22)13-26-24(30)20-14-29(18-7-3-2-4-8-18)28-23(20)17-6-5-11-25-12-17/h2-12,14-15H,13H2,1H3,(H,26,30). The summed E-state index contributed by atoms with van der Waals surface area (Å²) in [6, 6.07) is 17.6. The number of hydrogen-bond donors (Lipinski definition) is 1. The van der Waals surface area contributed by atoms with E-state index in [1.165, 1.54) is 0 Å². The molecule has 0 atom stereocenters. The summed E-state index contributed by atoms with van der Waals surface area (Å²) in [4.78, 5) is 24.0. The molecule has 4 aromatic heterocycles. The Labute approximate surface area is 193 Å². The highest BCUT2D eigenvalue weighted by molar-refractivity contribution is 7.16. The Morgan fingerprint density at radius 2 is 1.97 bits per heavy atom. The molecule has 0 aliphatic heterocycles. The van der Waals surface area contributed by atoms with Crippen LogP contribution in [0.15, 0.2) is 78.6 Å². The molecule has 0 bridgehead atoms. The van der Waals surface area contributed by atoms with Crippen molar-refractivity contribution in [2.45, 2.75) is 13.5 Å². The Hall–Kier alpha value is -3.62. The minimum Gasteiger partial charge on any atom is -0.347 e. The summed E-state index contributed by atoms with van der Waals surface area (Å²) >= 11 is 3.27. The summed E-state index contributed by atoms with van der Waals surface area (Å²) in [7, 11) is 0. The first-order chi connectivity index (χ1) is 15.7. The van der Waals surface area contributed by atoms with Crippen molar-refractivity contribution in [1.82, 2.24) is 25.1 Å². The number of thiazole rings is 1. The average Bonchev–Trinajstić information content (AvgIpc) is 3.58. The number of carbonyl (C=O) groups excluding carboxylic acids is 1. The lowest BCUT2D eigenvalue weighted by molar-refractivity contribution is 0.0952. The summed E-state index contributed by atoms with van der Waals surface area (Å²) in [5, 5.41) is 10.8. The molecule has 1 N–H and O–H groups in total. The molecule has 1 amide bonds. The summed E-state index contributed by atoms with van der Waals surface area (Å²) < 4.78 is 1.73. The SMILES string of the molecule is Cc1nc(-c2ccc(CNC(=O)c3cn(-c4ccccc4)nc3-c3cccnc3)s2)cs1. The largest absolute Gasteiger partial charge is 0.347 e. The van der Waals surface area contributed by atoms with E-state index in [0.29, 0.717) is 17.8 Å². The lowest BCUT2D eigenvalue weighted by Gasteiger charge is -2.04. The number of benzene rings is 1. The molecule has 0 saturated heterocycles. The molecule has 0 spiro atoms. The maximum absolute atomic E-state index is 13.1. The second-order valence-corrected chi connectivity index (χ2v) is 9.34. The Morgan fingerprint density at radius 3 is 2.72 bits per heavy atom. The Bertz CT molecular complexity index is 1360. The topological polar surface area (TPSA) is 72.7 Å². The molecule has 0 aliphatic carbocycles. The molecule has 32 heavy (non-hydrogen) atoms. The third kappa shape index (κ3) is 4.23. The highest BCUT2D eigenvalue weighted by atomic mass is 32.1. The van der Waals surface area contributed by atoms with Gasteiger partial charge >= 0.3 is 0 Å². The number of amides is 1. The van der Waals surface area contributed by atoms with Gasteiger partial charge in [0.15, 0.2) is 0 Å². The minimum absolute atomic E-state index is 0.175. The highest BCUT2D eigenvalue weighted by Gasteiger charge is 2.19. The van der Waals surface area contributed by atoms with E-state index in [2.05, 4.69) is 31.8 Å². The molecule has 1 aromatic carbocycles. The molecule has 0 fully saturated rings. The third-order valence-electron chi connectivity index (χ3n) is 4.87. The van der Waals surface area contributed by atoms with Crippen LogP contribution in [0.4, 0.5) is 0 Å². The zero-order valence-corrected chi connectivity index (χ0v) is 18.9. The van der Waals surface area contributed by atoms with Gasteiger partial charge in [-0.15, -0.1) is 22.7 Å². The Morgan fingerprint density at radius 1 is 1.09 bits per heavy atom. The van der Waals surface area contributed by atoms with Crippen LogP contribution in [0.1, 0.15) is 20.2 Å². The minimum atomic E-state index is -0.175. The molecule has 5 aromatic rings. The zero-order valence-electron chi connectivity index (χ0n) is 17.2. The van der Waals surface area contributed by atoms with E-state index >= 15 is 0 Å². The normalized spacial score (nSPS) is 10.9. The first kappa shape index (κ1) is 20.3. The van der Waals surface area contributed by atoms with Gasteiger partial charge in [-0.05, 0) is 43.3 Å². The number of pyridine rings is 1. The Balaban J connectivity index is 1.39. The number of carbonyl (C=O) groups is 1. The number of thiophene rings is 1. The Kier molecular flexibility index (Phi) is 5.62. The van der Waals surface area contributed by atoms with Gasteiger partial charge in [-0.2, -0.15) is 5.10 Å². The molecular formula is C24H19N5OS2. The number of para-hydroxylation sites is 1. The second kappa shape index (κ2) is 8.86. The van der Waals surface area contributed by atoms with Crippen LogP contribution in [0.25, 0.3) is 27.5 Å². The van der Waals surface area contributed by atoms with Gasteiger partial charge in [0.1, 0.15) is 5.69 Å². The van der Waals surface area contributed by atoms with Crippen molar-refractivity contribution < 1.29 is 4.79 Å². The van der Waals surface area contributed by atoms with Crippen molar-refractivity contribution in [3.63, 3.8) is 0 Å². The van der Waals surface area contributed by atoms with Gasteiger partial charge in [0.25, 0.3) is 5.91 Å². The van der Waals surface area contributed by atoms with Gasteiger partial charge in [-0.25, -0.2) is 9.67 Å². The van der Waals surface area contributed by atoms with Crippen LogP contribution in [0, 0.1) is 6.92 Å². The zero-order chi connectivity index (χ0) is 21.9. The molecule has 0 aliphatic rings. The van der Waals surface area contributed by atoms with Gasteiger partial charge < -0.3 is 5.32 Å². The fraction of sp³-hybridized carbons (Fsp3) is 0.0833. The van der Waals surface area contributed by atoms with Crippen molar-refractivity contribution in [2.24, 2.45) is 0 Å². The summed E-state index contributed by atoms with van der Waals surface area (Å²) in [5.74, 6) is -0.175. The molecule has 6 nitrogen and oxygen atoms in total. The van der Waals surface area contributed by atoms with Crippen LogP contribution in [0.3, 0.4) is 0 Å². The molecule has 8 heteroatoms. The fourth-order valence-electron chi connectivity index (χ4n) is 3.32. The lowest BCUT2D eigenvalue weighted by atomic mass is 10.1. The molecule has 4 heterocycles. The number of aryl methyl sites for hydroxylation is 1. The van der Waals surface area contributed by atoms with E-state index in [0.717, 1.165) is 31.7 Å². The summed E-state index contributed by atoms with van der Waals surface area (Å²) in [5.41, 5.74) is 3.78. The number of aromatic nitrogens is 4. The van der Waals surface area contributed by atoms with Crippen LogP contribution in [0.5, 0.6) is 0 Å². The van der Waals surface area contributed by atoms with E-state index < -0.39 is 0 Å². The molecule has 158 valence electrons. The van der Waals surface area contributed by atoms with E-state index in [-0.39, 0.29) is 5.91 Å². The fourth-order valence-corrected chi connectivity index (χ4v) is 4.91. The second-order valence-electron chi connectivity index (χ2n) is 7.11. The predicted octanol–water partition coefficient (Wildman–Crippen LogP) is 5.36.